The lowest BCUT2D eigenvalue weighted by Crippen LogP contribution is -2.58. The zero-order valence-corrected chi connectivity index (χ0v) is 36.1. The van der Waals surface area contributed by atoms with Crippen LogP contribution >= 0.6 is 0 Å². The number of benzene rings is 8. The van der Waals surface area contributed by atoms with Crippen LogP contribution in [0, 0.1) is 6.92 Å². The van der Waals surface area contributed by atoms with Crippen molar-refractivity contribution in [3.8, 4) is 22.3 Å². The molecule has 0 amide bonds. The first-order valence-electron chi connectivity index (χ1n) is 22.0. The van der Waals surface area contributed by atoms with Crippen LogP contribution in [0.2, 0.25) is 0 Å². The minimum atomic E-state index is -0.557. The highest BCUT2D eigenvalue weighted by molar-refractivity contribution is 6.90. The molecule has 4 heterocycles. The molecule has 0 aliphatic carbocycles. The SMILES string of the molecule is Cc1ccccc1-c1cc2c3c(c1)N1c4ccccc4C(c4ccccc4)(c4ccccc4)c4cccc(c41)B3n1c3ccc(C(C)(C)C)cc3c3cc(C(C)(C)C)cc-2c31. The van der Waals surface area contributed by atoms with E-state index < -0.39 is 5.41 Å². The lowest BCUT2D eigenvalue weighted by atomic mass is 9.43. The molecule has 1 aromatic heterocycles. The number of aryl methyl sites for hydroxylation is 1. The largest absolute Gasteiger partial charge is 0.375 e. The van der Waals surface area contributed by atoms with Crippen molar-refractivity contribution >= 4 is 56.6 Å². The molecule has 0 spiro atoms. The second-order valence-electron chi connectivity index (χ2n) is 19.8. The summed E-state index contributed by atoms with van der Waals surface area (Å²) in [5.41, 5.74) is 22.9. The van der Waals surface area contributed by atoms with Crippen molar-refractivity contribution in [3.63, 3.8) is 0 Å². The van der Waals surface area contributed by atoms with Crippen molar-refractivity contribution in [2.24, 2.45) is 0 Å². The molecule has 3 heteroatoms. The van der Waals surface area contributed by atoms with Gasteiger partial charge < -0.3 is 9.38 Å². The lowest BCUT2D eigenvalue weighted by molar-refractivity contribution is 0.590. The van der Waals surface area contributed by atoms with Gasteiger partial charge >= 0.3 is 6.85 Å². The summed E-state index contributed by atoms with van der Waals surface area (Å²) in [5, 5.41) is 2.68. The summed E-state index contributed by atoms with van der Waals surface area (Å²) >= 11 is 0. The molecule has 0 N–H and O–H groups in total. The van der Waals surface area contributed by atoms with Crippen LogP contribution < -0.4 is 15.8 Å². The van der Waals surface area contributed by atoms with Gasteiger partial charge in [0.1, 0.15) is 0 Å². The van der Waals surface area contributed by atoms with E-state index in [-0.39, 0.29) is 17.7 Å². The van der Waals surface area contributed by atoms with Crippen LogP contribution in [0.4, 0.5) is 17.1 Å². The molecule has 8 aromatic carbocycles. The highest BCUT2D eigenvalue weighted by atomic mass is 15.2. The molecule has 0 fully saturated rings. The molecule has 294 valence electrons. The molecule has 61 heavy (non-hydrogen) atoms. The molecular formula is C58H49BN2. The Morgan fingerprint density at radius 2 is 1.13 bits per heavy atom. The summed E-state index contributed by atoms with van der Waals surface area (Å²) in [6.45, 7) is 16.3. The van der Waals surface area contributed by atoms with Gasteiger partial charge in [0.25, 0.3) is 0 Å². The first kappa shape index (κ1) is 36.3. The number of para-hydroxylation sites is 2. The number of rotatable bonds is 3. The molecule has 0 saturated heterocycles. The van der Waals surface area contributed by atoms with Gasteiger partial charge in [0, 0.05) is 38.7 Å². The van der Waals surface area contributed by atoms with E-state index in [4.69, 9.17) is 0 Å². The third-order valence-electron chi connectivity index (χ3n) is 14.3. The Balaban J connectivity index is 1.29. The van der Waals surface area contributed by atoms with Gasteiger partial charge in [0.05, 0.1) is 11.1 Å². The fourth-order valence-electron chi connectivity index (χ4n) is 11.4. The Kier molecular flexibility index (Phi) is 7.43. The number of hydrogen-bond acceptors (Lipinski definition) is 1. The minimum Gasteiger partial charge on any atom is -0.375 e. The predicted molar refractivity (Wildman–Crippen MR) is 259 cm³/mol. The van der Waals surface area contributed by atoms with Crippen LogP contribution in [-0.2, 0) is 16.2 Å². The van der Waals surface area contributed by atoms with Crippen LogP contribution in [-0.4, -0.2) is 11.3 Å². The van der Waals surface area contributed by atoms with Crippen LogP contribution in [0.25, 0.3) is 44.1 Å². The Hall–Kier alpha value is -6.58. The summed E-state index contributed by atoms with van der Waals surface area (Å²) in [5.74, 6) is 0. The van der Waals surface area contributed by atoms with Crippen molar-refractivity contribution in [1.29, 1.82) is 0 Å². The number of fused-ring (bicyclic) bond motifs is 9. The number of aromatic nitrogens is 1. The van der Waals surface area contributed by atoms with E-state index in [1.165, 1.54) is 111 Å². The summed E-state index contributed by atoms with van der Waals surface area (Å²) < 4.78 is 2.73. The first-order valence-corrected chi connectivity index (χ1v) is 22.0. The second kappa shape index (κ2) is 12.5. The summed E-state index contributed by atoms with van der Waals surface area (Å²) in [6, 6.07) is 65.2. The van der Waals surface area contributed by atoms with Crippen LogP contribution in [0.15, 0.2) is 170 Å². The number of anilines is 3. The summed E-state index contributed by atoms with van der Waals surface area (Å²) in [7, 11) is 0. The molecule has 3 aliphatic rings. The molecule has 0 atom stereocenters. The normalized spacial score (nSPS) is 14.5. The van der Waals surface area contributed by atoms with E-state index in [2.05, 4.69) is 228 Å². The average molecular weight is 785 g/mol. The fourth-order valence-corrected chi connectivity index (χ4v) is 11.4. The van der Waals surface area contributed by atoms with Crippen LogP contribution in [0.1, 0.15) is 80.5 Å². The van der Waals surface area contributed by atoms with Gasteiger partial charge in [-0.2, -0.15) is 0 Å². The van der Waals surface area contributed by atoms with E-state index in [0.717, 1.165) is 0 Å². The predicted octanol–water partition coefficient (Wildman–Crippen LogP) is 13.5. The Bertz CT molecular complexity index is 3250. The maximum absolute atomic E-state index is 2.73. The lowest BCUT2D eigenvalue weighted by Gasteiger charge is -2.50. The van der Waals surface area contributed by atoms with Gasteiger partial charge in [-0.15, -0.1) is 0 Å². The van der Waals surface area contributed by atoms with Gasteiger partial charge in [0.15, 0.2) is 0 Å². The second-order valence-corrected chi connectivity index (χ2v) is 19.8. The Morgan fingerprint density at radius 1 is 0.492 bits per heavy atom. The smallest absolute Gasteiger partial charge is 0.333 e. The minimum absolute atomic E-state index is 0.0152. The highest BCUT2D eigenvalue weighted by Crippen LogP contribution is 2.59. The van der Waals surface area contributed by atoms with Crippen molar-refractivity contribution in [3.05, 3.63) is 209 Å². The van der Waals surface area contributed by atoms with Crippen molar-refractivity contribution in [2.75, 3.05) is 4.90 Å². The Morgan fingerprint density at radius 3 is 1.84 bits per heavy atom. The number of hydrogen-bond donors (Lipinski definition) is 0. The van der Waals surface area contributed by atoms with Gasteiger partial charge in [-0.05, 0) is 127 Å². The van der Waals surface area contributed by atoms with Crippen LogP contribution in [0.3, 0.4) is 0 Å². The Labute approximate surface area is 360 Å². The summed E-state index contributed by atoms with van der Waals surface area (Å²) in [4.78, 5) is 2.65. The molecule has 0 bridgehead atoms. The van der Waals surface area contributed by atoms with Crippen molar-refractivity contribution < 1.29 is 0 Å². The first-order chi connectivity index (χ1) is 29.5. The monoisotopic (exact) mass is 784 g/mol. The third kappa shape index (κ3) is 4.86. The number of nitrogens with zero attached hydrogens (tertiary/aromatic N) is 2. The quantitative estimate of drug-likeness (QED) is 0.162. The van der Waals surface area contributed by atoms with E-state index in [0.29, 0.717) is 0 Å². The van der Waals surface area contributed by atoms with Gasteiger partial charge in [-0.25, -0.2) is 0 Å². The zero-order chi connectivity index (χ0) is 41.6. The molecule has 0 unspecified atom stereocenters. The van der Waals surface area contributed by atoms with Gasteiger partial charge in [0.2, 0.25) is 0 Å². The topological polar surface area (TPSA) is 8.17 Å². The zero-order valence-electron chi connectivity index (χ0n) is 36.1. The fraction of sp³-hybridized carbons (Fsp3) is 0.172. The average Bonchev–Trinajstić information content (AvgIpc) is 3.59. The third-order valence-corrected chi connectivity index (χ3v) is 14.3. The highest BCUT2D eigenvalue weighted by Gasteiger charge is 2.52. The van der Waals surface area contributed by atoms with Gasteiger partial charge in [-0.1, -0.05) is 169 Å². The molecular weight excluding hydrogens is 735 g/mol. The molecule has 9 aromatic rings. The van der Waals surface area contributed by atoms with Crippen molar-refractivity contribution in [2.45, 2.75) is 64.7 Å². The standard InChI is InChI=1S/C58H49BN2/c1-36-19-14-15-24-42(36)37-31-44-46-35-41(57(5,6)7)34-45-43-33-40(56(2,3)4)29-30-50(43)61(54(45)46)59-49-27-18-26-48-55(49)60(52(32-37)53(44)59)51-28-17-16-25-47(51)58(48,38-20-10-8-11-21-38)39-22-12-9-13-23-39/h8-35H,1-7H3. The maximum Gasteiger partial charge on any atom is 0.333 e. The van der Waals surface area contributed by atoms with E-state index in [1.54, 1.807) is 0 Å². The molecule has 2 nitrogen and oxygen atoms in total. The summed E-state index contributed by atoms with van der Waals surface area (Å²) in [6.07, 6.45) is 0. The molecule has 0 radical (unpaired) electrons. The molecule has 0 saturated carbocycles. The van der Waals surface area contributed by atoms with E-state index >= 15 is 0 Å². The van der Waals surface area contributed by atoms with Crippen molar-refractivity contribution in [1.82, 2.24) is 4.48 Å². The maximum atomic E-state index is 2.73. The van der Waals surface area contributed by atoms with E-state index in [9.17, 15) is 0 Å². The van der Waals surface area contributed by atoms with Crippen LogP contribution in [0.5, 0.6) is 0 Å². The molecule has 12 rings (SSSR count). The molecule has 3 aliphatic heterocycles. The van der Waals surface area contributed by atoms with E-state index in [1.807, 2.05) is 0 Å². The van der Waals surface area contributed by atoms with Gasteiger partial charge in [-0.3, -0.25) is 0 Å².